The van der Waals surface area contributed by atoms with Crippen LogP contribution in [0.5, 0.6) is 0 Å². The highest BCUT2D eigenvalue weighted by Gasteiger charge is 2.13. The molecule has 0 radical (unpaired) electrons. The number of carbonyl (C=O) groups excluding carboxylic acids is 1. The summed E-state index contributed by atoms with van der Waals surface area (Å²) < 4.78 is 1.93. The maximum atomic E-state index is 11.7. The summed E-state index contributed by atoms with van der Waals surface area (Å²) in [5.74, 6) is 0.0330. The Morgan fingerprint density at radius 1 is 1.16 bits per heavy atom. The molecule has 0 unspecified atom stereocenters. The van der Waals surface area contributed by atoms with Gasteiger partial charge in [0.15, 0.2) is 5.65 Å². The number of fused-ring (bicyclic) bond motifs is 1. The van der Waals surface area contributed by atoms with E-state index in [9.17, 15) is 4.79 Å². The van der Waals surface area contributed by atoms with Gasteiger partial charge in [-0.1, -0.05) is 13.8 Å². The van der Waals surface area contributed by atoms with Gasteiger partial charge in [0.05, 0.1) is 23.5 Å². The van der Waals surface area contributed by atoms with E-state index in [1.807, 2.05) is 44.5 Å². The molecule has 2 rings (SSSR count). The largest absolute Gasteiger partial charge is 0.348 e. The standard InChI is InChI=1S/C12H16N4O.C2H6/c1-8-6-16-7-9(2)14-12(16)10(13-8)5-11(17)15(3)4;1-2/h6-7H,5H2,1-4H3;1-2H3. The summed E-state index contributed by atoms with van der Waals surface area (Å²) in [5, 5.41) is 0. The number of imidazole rings is 1. The molecule has 1 amide bonds. The van der Waals surface area contributed by atoms with Gasteiger partial charge in [0.1, 0.15) is 0 Å². The van der Waals surface area contributed by atoms with Gasteiger partial charge >= 0.3 is 0 Å². The first-order valence-electron chi connectivity index (χ1n) is 6.49. The van der Waals surface area contributed by atoms with Crippen molar-refractivity contribution in [1.82, 2.24) is 19.3 Å². The Morgan fingerprint density at radius 3 is 2.21 bits per heavy atom. The molecule has 0 spiro atoms. The highest BCUT2D eigenvalue weighted by Crippen LogP contribution is 2.11. The van der Waals surface area contributed by atoms with Crippen molar-refractivity contribution in [3.8, 4) is 0 Å². The lowest BCUT2D eigenvalue weighted by atomic mass is 10.2. The molecule has 104 valence electrons. The molecular formula is C14H22N4O. The zero-order valence-electron chi connectivity index (χ0n) is 12.6. The molecule has 0 aliphatic heterocycles. The fraction of sp³-hybridized carbons (Fsp3) is 0.500. The number of carbonyl (C=O) groups is 1. The maximum absolute atomic E-state index is 11.7. The number of nitrogens with zero attached hydrogens (tertiary/aromatic N) is 4. The third-order valence-electron chi connectivity index (χ3n) is 2.57. The van der Waals surface area contributed by atoms with Gasteiger partial charge in [-0.25, -0.2) is 4.98 Å². The molecular weight excluding hydrogens is 240 g/mol. The summed E-state index contributed by atoms with van der Waals surface area (Å²) in [5.41, 5.74) is 3.31. The van der Waals surface area contributed by atoms with Crippen molar-refractivity contribution in [1.29, 1.82) is 0 Å². The SMILES string of the molecule is CC.Cc1cn2cc(C)nc2c(CC(=O)N(C)C)n1. The van der Waals surface area contributed by atoms with Crippen LogP contribution in [0.25, 0.3) is 5.65 Å². The number of aromatic nitrogens is 3. The Labute approximate surface area is 114 Å². The monoisotopic (exact) mass is 262 g/mol. The van der Waals surface area contributed by atoms with Crippen molar-refractivity contribution in [2.24, 2.45) is 0 Å². The summed E-state index contributed by atoms with van der Waals surface area (Å²) >= 11 is 0. The molecule has 19 heavy (non-hydrogen) atoms. The Hall–Kier alpha value is -1.91. The van der Waals surface area contributed by atoms with Gasteiger partial charge in [0.2, 0.25) is 5.91 Å². The first-order valence-corrected chi connectivity index (χ1v) is 6.49. The van der Waals surface area contributed by atoms with Crippen LogP contribution in [0.1, 0.15) is 30.9 Å². The number of hydrogen-bond donors (Lipinski definition) is 0. The zero-order chi connectivity index (χ0) is 14.6. The molecule has 0 atom stereocenters. The Kier molecular flexibility index (Phi) is 5.03. The van der Waals surface area contributed by atoms with E-state index in [1.54, 1.807) is 19.0 Å². The quantitative estimate of drug-likeness (QED) is 0.831. The molecule has 5 nitrogen and oxygen atoms in total. The van der Waals surface area contributed by atoms with Crippen LogP contribution in [0.4, 0.5) is 0 Å². The summed E-state index contributed by atoms with van der Waals surface area (Å²) in [6.45, 7) is 7.85. The zero-order valence-corrected chi connectivity index (χ0v) is 12.6. The van der Waals surface area contributed by atoms with Gasteiger partial charge in [-0.3, -0.25) is 9.78 Å². The lowest BCUT2D eigenvalue weighted by molar-refractivity contribution is -0.128. The predicted octanol–water partition coefficient (Wildman–Crippen LogP) is 2.00. The molecule has 0 fully saturated rings. The van der Waals surface area contributed by atoms with E-state index in [0.717, 1.165) is 22.7 Å². The van der Waals surface area contributed by atoms with Gasteiger partial charge in [0, 0.05) is 26.5 Å². The lowest BCUT2D eigenvalue weighted by Gasteiger charge is -2.10. The second kappa shape index (κ2) is 6.31. The minimum atomic E-state index is 0.0330. The van der Waals surface area contributed by atoms with E-state index in [0.29, 0.717) is 0 Å². The fourth-order valence-corrected chi connectivity index (χ4v) is 1.74. The highest BCUT2D eigenvalue weighted by atomic mass is 16.2. The van der Waals surface area contributed by atoms with Crippen LogP contribution in [0.2, 0.25) is 0 Å². The van der Waals surface area contributed by atoms with Crippen molar-refractivity contribution in [2.45, 2.75) is 34.1 Å². The van der Waals surface area contributed by atoms with Crippen molar-refractivity contribution in [3.63, 3.8) is 0 Å². The fourth-order valence-electron chi connectivity index (χ4n) is 1.74. The van der Waals surface area contributed by atoms with E-state index in [1.165, 1.54) is 0 Å². The summed E-state index contributed by atoms with van der Waals surface area (Å²) in [4.78, 5) is 22.1. The van der Waals surface area contributed by atoms with Crippen LogP contribution in [-0.2, 0) is 11.2 Å². The average Bonchev–Trinajstić information content (AvgIpc) is 2.72. The normalized spacial score (nSPS) is 10.0. The molecule has 0 N–H and O–H groups in total. The second-order valence-electron chi connectivity index (χ2n) is 4.41. The summed E-state index contributed by atoms with van der Waals surface area (Å²) in [6.07, 6.45) is 4.14. The summed E-state index contributed by atoms with van der Waals surface area (Å²) in [7, 11) is 3.48. The van der Waals surface area contributed by atoms with Gasteiger partial charge in [-0.15, -0.1) is 0 Å². The molecule has 0 aromatic carbocycles. The van der Waals surface area contributed by atoms with Gasteiger partial charge in [-0.05, 0) is 13.8 Å². The molecule has 0 bridgehead atoms. The van der Waals surface area contributed by atoms with Crippen molar-refractivity contribution < 1.29 is 4.79 Å². The lowest BCUT2D eigenvalue weighted by Crippen LogP contribution is -2.24. The third-order valence-corrected chi connectivity index (χ3v) is 2.57. The maximum Gasteiger partial charge on any atom is 0.228 e. The minimum absolute atomic E-state index is 0.0330. The van der Waals surface area contributed by atoms with Gasteiger partial charge in [-0.2, -0.15) is 0 Å². The van der Waals surface area contributed by atoms with E-state index >= 15 is 0 Å². The van der Waals surface area contributed by atoms with E-state index in [2.05, 4.69) is 9.97 Å². The van der Waals surface area contributed by atoms with Crippen molar-refractivity contribution >= 4 is 11.6 Å². The molecule has 2 heterocycles. The molecule has 5 heteroatoms. The van der Waals surface area contributed by atoms with Gasteiger partial charge in [0.25, 0.3) is 0 Å². The minimum Gasteiger partial charge on any atom is -0.348 e. The van der Waals surface area contributed by atoms with E-state index < -0.39 is 0 Å². The molecule has 0 saturated heterocycles. The first kappa shape index (κ1) is 15.1. The average molecular weight is 262 g/mol. The van der Waals surface area contributed by atoms with Gasteiger partial charge < -0.3 is 9.30 Å². The number of likely N-dealkylation sites (N-methyl/N-ethyl adjacent to an activating group) is 1. The van der Waals surface area contributed by atoms with Crippen LogP contribution in [0.15, 0.2) is 12.4 Å². The van der Waals surface area contributed by atoms with Crippen LogP contribution in [0, 0.1) is 13.8 Å². The number of hydrogen-bond acceptors (Lipinski definition) is 3. The van der Waals surface area contributed by atoms with Crippen LogP contribution in [-0.4, -0.2) is 39.3 Å². The Balaban J connectivity index is 0.000000861. The molecule has 0 aliphatic rings. The molecule has 0 aliphatic carbocycles. The predicted molar refractivity (Wildman–Crippen MR) is 76.2 cm³/mol. The van der Waals surface area contributed by atoms with E-state index in [4.69, 9.17) is 0 Å². The molecule has 0 saturated carbocycles. The van der Waals surface area contributed by atoms with Crippen molar-refractivity contribution in [3.05, 3.63) is 29.5 Å². The number of rotatable bonds is 2. The number of aryl methyl sites for hydroxylation is 2. The highest BCUT2D eigenvalue weighted by molar-refractivity contribution is 5.79. The third kappa shape index (κ3) is 3.53. The summed E-state index contributed by atoms with van der Waals surface area (Å²) in [6, 6.07) is 0. The first-order chi connectivity index (χ1) is 8.97. The van der Waals surface area contributed by atoms with E-state index in [-0.39, 0.29) is 12.3 Å². The number of amides is 1. The molecule has 2 aromatic rings. The Morgan fingerprint density at radius 2 is 1.68 bits per heavy atom. The van der Waals surface area contributed by atoms with Crippen LogP contribution in [0.3, 0.4) is 0 Å². The van der Waals surface area contributed by atoms with Crippen molar-refractivity contribution in [2.75, 3.05) is 14.1 Å². The smallest absolute Gasteiger partial charge is 0.228 e. The Bertz CT molecular complexity index is 572. The molecule has 2 aromatic heterocycles. The topological polar surface area (TPSA) is 50.5 Å². The van der Waals surface area contributed by atoms with Crippen LogP contribution >= 0.6 is 0 Å². The van der Waals surface area contributed by atoms with Crippen LogP contribution < -0.4 is 0 Å². The second-order valence-corrected chi connectivity index (χ2v) is 4.41.